The van der Waals surface area contributed by atoms with Crippen LogP contribution in [0, 0.1) is 0 Å². The van der Waals surface area contributed by atoms with Crippen LogP contribution in [0.3, 0.4) is 0 Å². The molecule has 0 saturated carbocycles. The van der Waals surface area contributed by atoms with Gasteiger partial charge in [0.2, 0.25) is 5.88 Å². The van der Waals surface area contributed by atoms with Crippen molar-refractivity contribution in [2.75, 3.05) is 7.11 Å². The van der Waals surface area contributed by atoms with E-state index in [1.165, 1.54) is 0 Å². The highest BCUT2D eigenvalue weighted by molar-refractivity contribution is 9.10. The van der Waals surface area contributed by atoms with Gasteiger partial charge in [-0.1, -0.05) is 30.3 Å². The van der Waals surface area contributed by atoms with E-state index < -0.39 is 0 Å². The summed E-state index contributed by atoms with van der Waals surface area (Å²) in [6.45, 7) is 0. The Morgan fingerprint density at radius 2 is 1.85 bits per heavy atom. The van der Waals surface area contributed by atoms with Crippen LogP contribution >= 0.6 is 15.9 Å². The number of hydrogen-bond acceptors (Lipinski definition) is 4. The molecule has 0 N–H and O–H groups in total. The maximum atomic E-state index is 5.66. The monoisotopic (exact) mass is 330 g/mol. The number of nitrogens with zero attached hydrogens (tertiary/aromatic N) is 2. The van der Waals surface area contributed by atoms with Crippen LogP contribution in [0.2, 0.25) is 0 Å². The van der Waals surface area contributed by atoms with E-state index in [4.69, 9.17) is 9.47 Å². The van der Waals surface area contributed by atoms with E-state index in [0.29, 0.717) is 16.1 Å². The maximum Gasteiger partial charge on any atom is 0.325 e. The second kappa shape index (κ2) is 5.46. The molecule has 0 saturated heterocycles. The number of halogens is 1. The molecule has 0 fully saturated rings. The number of ether oxygens (including phenoxy) is 2. The lowest BCUT2D eigenvalue weighted by Crippen LogP contribution is -1.95. The Morgan fingerprint density at radius 3 is 2.65 bits per heavy atom. The Morgan fingerprint density at radius 1 is 1.05 bits per heavy atom. The minimum atomic E-state index is 0.250. The number of methoxy groups -OCH3 is 1. The number of benzene rings is 2. The largest absolute Gasteiger partial charge is 0.480 e. The first-order valence-electron chi connectivity index (χ1n) is 5.99. The molecule has 2 aromatic carbocycles. The van der Waals surface area contributed by atoms with E-state index in [-0.39, 0.29) is 6.01 Å². The van der Waals surface area contributed by atoms with E-state index in [1.54, 1.807) is 13.3 Å². The van der Waals surface area contributed by atoms with Crippen LogP contribution in [0.1, 0.15) is 0 Å². The van der Waals surface area contributed by atoms with Gasteiger partial charge in [-0.15, -0.1) is 0 Å². The number of fused-ring (bicyclic) bond motifs is 1. The van der Waals surface area contributed by atoms with E-state index in [9.17, 15) is 0 Å². The molecule has 0 aliphatic rings. The zero-order valence-corrected chi connectivity index (χ0v) is 12.3. The molecule has 0 bridgehead atoms. The van der Waals surface area contributed by atoms with Gasteiger partial charge in [0.1, 0.15) is 5.75 Å². The van der Waals surface area contributed by atoms with Gasteiger partial charge in [-0.05, 0) is 38.8 Å². The van der Waals surface area contributed by atoms with Crippen molar-refractivity contribution in [3.8, 4) is 17.6 Å². The number of hydrogen-bond donors (Lipinski definition) is 0. The Bertz CT molecular complexity index is 762. The minimum Gasteiger partial charge on any atom is -0.480 e. The average Bonchev–Trinajstić information content (AvgIpc) is 2.49. The van der Waals surface area contributed by atoms with Gasteiger partial charge in [0.15, 0.2) is 0 Å². The molecule has 1 heterocycles. The third-order valence-corrected chi connectivity index (χ3v) is 3.36. The highest BCUT2D eigenvalue weighted by Crippen LogP contribution is 2.27. The predicted octanol–water partition coefficient (Wildman–Crippen LogP) is 4.19. The summed E-state index contributed by atoms with van der Waals surface area (Å²) in [4.78, 5) is 8.27. The van der Waals surface area contributed by atoms with Gasteiger partial charge in [0.25, 0.3) is 0 Å². The van der Waals surface area contributed by atoms with Gasteiger partial charge in [-0.3, -0.25) is 0 Å². The van der Waals surface area contributed by atoms with Gasteiger partial charge < -0.3 is 9.47 Å². The fourth-order valence-corrected chi connectivity index (χ4v) is 2.22. The van der Waals surface area contributed by atoms with Gasteiger partial charge >= 0.3 is 6.01 Å². The summed E-state index contributed by atoms with van der Waals surface area (Å²) in [5, 5.41) is 2.27. The molecule has 100 valence electrons. The molecule has 0 aliphatic heterocycles. The van der Waals surface area contributed by atoms with Gasteiger partial charge in [0, 0.05) is 0 Å². The van der Waals surface area contributed by atoms with Crippen molar-refractivity contribution in [2.45, 2.75) is 0 Å². The summed E-state index contributed by atoms with van der Waals surface area (Å²) in [6.07, 6.45) is 1.60. The molecule has 0 aliphatic carbocycles. The Labute approximate surface area is 124 Å². The van der Waals surface area contributed by atoms with Gasteiger partial charge in [-0.25, -0.2) is 4.98 Å². The number of rotatable bonds is 3. The quantitative estimate of drug-likeness (QED) is 0.722. The summed E-state index contributed by atoms with van der Waals surface area (Å²) in [7, 11) is 1.55. The molecule has 0 unspecified atom stereocenters. The zero-order valence-electron chi connectivity index (χ0n) is 10.7. The molecule has 3 rings (SSSR count). The lowest BCUT2D eigenvalue weighted by Gasteiger charge is -2.07. The summed E-state index contributed by atoms with van der Waals surface area (Å²) in [5.41, 5.74) is 0. The molecule has 4 nitrogen and oxygen atoms in total. The van der Waals surface area contributed by atoms with Crippen LogP contribution in [-0.2, 0) is 0 Å². The van der Waals surface area contributed by atoms with Crippen molar-refractivity contribution in [3.63, 3.8) is 0 Å². The summed E-state index contributed by atoms with van der Waals surface area (Å²) in [6, 6.07) is 14.2. The first-order valence-corrected chi connectivity index (χ1v) is 6.79. The van der Waals surface area contributed by atoms with Crippen molar-refractivity contribution >= 4 is 26.7 Å². The summed E-state index contributed by atoms with van der Waals surface area (Å²) >= 11 is 3.30. The van der Waals surface area contributed by atoms with E-state index in [2.05, 4.69) is 32.0 Å². The maximum absolute atomic E-state index is 5.66. The van der Waals surface area contributed by atoms with Crippen LogP contribution in [0.4, 0.5) is 0 Å². The van der Waals surface area contributed by atoms with E-state index in [0.717, 1.165) is 10.8 Å². The van der Waals surface area contributed by atoms with Crippen LogP contribution in [0.25, 0.3) is 10.8 Å². The van der Waals surface area contributed by atoms with Crippen LogP contribution in [0.5, 0.6) is 17.6 Å². The topological polar surface area (TPSA) is 44.2 Å². The molecular weight excluding hydrogens is 320 g/mol. The molecule has 0 radical (unpaired) electrons. The molecule has 3 aromatic rings. The second-order valence-electron chi connectivity index (χ2n) is 4.12. The Hall–Kier alpha value is -2.14. The molecule has 5 heteroatoms. The van der Waals surface area contributed by atoms with Crippen LogP contribution < -0.4 is 9.47 Å². The highest BCUT2D eigenvalue weighted by atomic mass is 79.9. The standard InChI is InChI=1S/C15H11BrN2O2/c1-19-14-13(16)9-17-15(18-14)20-12-7-6-10-4-2-3-5-11(10)8-12/h2-9H,1H3. The predicted molar refractivity (Wildman–Crippen MR) is 80.3 cm³/mol. The van der Waals surface area contributed by atoms with E-state index >= 15 is 0 Å². The van der Waals surface area contributed by atoms with Crippen LogP contribution in [-0.4, -0.2) is 17.1 Å². The number of aromatic nitrogens is 2. The molecule has 1 aromatic heterocycles. The third-order valence-electron chi connectivity index (χ3n) is 2.81. The Kier molecular flexibility index (Phi) is 3.52. The van der Waals surface area contributed by atoms with Crippen LogP contribution in [0.15, 0.2) is 53.1 Å². The minimum absolute atomic E-state index is 0.250. The molecule has 20 heavy (non-hydrogen) atoms. The highest BCUT2D eigenvalue weighted by Gasteiger charge is 2.07. The SMILES string of the molecule is COc1nc(Oc2ccc3ccccc3c2)ncc1Br. The first kappa shape index (κ1) is 12.9. The first-order chi connectivity index (χ1) is 9.76. The second-order valence-corrected chi connectivity index (χ2v) is 4.98. The van der Waals surface area contributed by atoms with Crippen molar-refractivity contribution < 1.29 is 9.47 Å². The lowest BCUT2D eigenvalue weighted by atomic mass is 10.1. The van der Waals surface area contributed by atoms with Crippen molar-refractivity contribution in [1.29, 1.82) is 0 Å². The Balaban J connectivity index is 1.92. The average molecular weight is 331 g/mol. The fraction of sp³-hybridized carbons (Fsp3) is 0.0667. The van der Waals surface area contributed by atoms with Gasteiger partial charge in [0.05, 0.1) is 17.8 Å². The van der Waals surface area contributed by atoms with Gasteiger partial charge in [-0.2, -0.15) is 4.98 Å². The van der Waals surface area contributed by atoms with Crippen molar-refractivity contribution in [2.24, 2.45) is 0 Å². The van der Waals surface area contributed by atoms with Crippen molar-refractivity contribution in [1.82, 2.24) is 9.97 Å². The molecule has 0 amide bonds. The smallest absolute Gasteiger partial charge is 0.325 e. The van der Waals surface area contributed by atoms with E-state index in [1.807, 2.05) is 36.4 Å². The normalized spacial score (nSPS) is 10.5. The lowest BCUT2D eigenvalue weighted by molar-refractivity contribution is 0.373. The third kappa shape index (κ3) is 2.58. The molecule has 0 spiro atoms. The fourth-order valence-electron chi connectivity index (χ4n) is 1.86. The molecule has 0 atom stereocenters. The molecular formula is C15H11BrN2O2. The van der Waals surface area contributed by atoms with Crippen molar-refractivity contribution in [3.05, 3.63) is 53.1 Å². The zero-order chi connectivity index (χ0) is 13.9. The summed E-state index contributed by atoms with van der Waals surface area (Å²) in [5.74, 6) is 1.13. The summed E-state index contributed by atoms with van der Waals surface area (Å²) < 4.78 is 11.5.